The summed E-state index contributed by atoms with van der Waals surface area (Å²) in [5.41, 5.74) is 4.08. The van der Waals surface area contributed by atoms with Gasteiger partial charge in [-0.15, -0.1) is 10.2 Å². The lowest BCUT2D eigenvalue weighted by Crippen LogP contribution is -2.49. The van der Waals surface area contributed by atoms with Crippen LogP contribution in [-0.4, -0.2) is 62.2 Å². The van der Waals surface area contributed by atoms with E-state index in [1.807, 2.05) is 49.1 Å². The number of tetrazole rings is 1. The summed E-state index contributed by atoms with van der Waals surface area (Å²) in [5.74, 6) is 0.542. The second-order valence-corrected chi connectivity index (χ2v) is 6.99. The summed E-state index contributed by atoms with van der Waals surface area (Å²) in [5, 5.41) is 12.4. The number of pyridine rings is 1. The molecular formula is C20H23N7O. The lowest BCUT2D eigenvalue weighted by atomic mass is 10.2. The summed E-state index contributed by atoms with van der Waals surface area (Å²) in [4.78, 5) is 22.6. The summed E-state index contributed by atoms with van der Waals surface area (Å²) in [6, 6.07) is 13.8. The fourth-order valence-electron chi connectivity index (χ4n) is 3.44. The van der Waals surface area contributed by atoms with Crippen molar-refractivity contribution in [2.24, 2.45) is 0 Å². The number of aromatic nitrogens is 5. The highest BCUT2D eigenvalue weighted by molar-refractivity contribution is 5.76. The van der Waals surface area contributed by atoms with Crippen LogP contribution in [0, 0.1) is 13.8 Å². The molecule has 0 radical (unpaired) electrons. The molecule has 1 aliphatic rings. The first-order chi connectivity index (χ1) is 13.6. The smallest absolute Gasteiger partial charge is 0.246 e. The second-order valence-electron chi connectivity index (χ2n) is 6.99. The third kappa shape index (κ3) is 4.00. The highest BCUT2D eigenvalue weighted by atomic mass is 16.2. The lowest BCUT2D eigenvalue weighted by molar-refractivity contribution is -0.132. The SMILES string of the molecule is Cc1cc(N2CCN(C(=O)Cn3nnc(-c4ccccc4)n3)CC2)cc(C)n1. The first-order valence-corrected chi connectivity index (χ1v) is 9.40. The van der Waals surface area contributed by atoms with E-state index in [9.17, 15) is 4.79 Å². The molecule has 2 aromatic heterocycles. The molecule has 0 saturated carbocycles. The molecule has 0 spiro atoms. The average molecular weight is 377 g/mol. The van der Waals surface area contributed by atoms with Crippen molar-refractivity contribution in [3.8, 4) is 11.4 Å². The number of carbonyl (C=O) groups is 1. The van der Waals surface area contributed by atoms with Crippen molar-refractivity contribution in [3.63, 3.8) is 0 Å². The zero-order valence-electron chi connectivity index (χ0n) is 16.1. The van der Waals surface area contributed by atoms with Gasteiger partial charge in [-0.1, -0.05) is 30.3 Å². The van der Waals surface area contributed by atoms with Crippen LogP contribution in [-0.2, 0) is 11.3 Å². The van der Waals surface area contributed by atoms with Crippen LogP contribution in [0.5, 0.6) is 0 Å². The average Bonchev–Trinajstić information content (AvgIpc) is 3.16. The third-order valence-electron chi connectivity index (χ3n) is 4.83. The Labute approximate surface area is 163 Å². The van der Waals surface area contributed by atoms with Crippen molar-refractivity contribution in [2.75, 3.05) is 31.1 Å². The monoisotopic (exact) mass is 377 g/mol. The van der Waals surface area contributed by atoms with Gasteiger partial charge in [-0.3, -0.25) is 9.78 Å². The van der Waals surface area contributed by atoms with Crippen LogP contribution in [0.4, 0.5) is 5.69 Å². The Kier molecular flexibility index (Phi) is 5.01. The summed E-state index contributed by atoms with van der Waals surface area (Å²) in [7, 11) is 0. The molecule has 1 aromatic carbocycles. The van der Waals surface area contributed by atoms with Gasteiger partial charge in [0.25, 0.3) is 0 Å². The first kappa shape index (κ1) is 18.1. The van der Waals surface area contributed by atoms with E-state index >= 15 is 0 Å². The molecule has 0 aliphatic carbocycles. The predicted molar refractivity (Wildman–Crippen MR) is 106 cm³/mol. The van der Waals surface area contributed by atoms with Crippen LogP contribution in [0.3, 0.4) is 0 Å². The van der Waals surface area contributed by atoms with Crippen molar-refractivity contribution in [1.29, 1.82) is 0 Å². The molecule has 0 bridgehead atoms. The van der Waals surface area contributed by atoms with Gasteiger partial charge in [-0.05, 0) is 31.2 Å². The molecule has 1 saturated heterocycles. The molecule has 3 aromatic rings. The maximum atomic E-state index is 12.6. The molecular weight excluding hydrogens is 354 g/mol. The summed E-state index contributed by atoms with van der Waals surface area (Å²) in [6.07, 6.45) is 0. The molecule has 4 rings (SSSR count). The highest BCUT2D eigenvalue weighted by Crippen LogP contribution is 2.18. The van der Waals surface area contributed by atoms with Gasteiger partial charge in [0.2, 0.25) is 11.7 Å². The van der Waals surface area contributed by atoms with Gasteiger partial charge in [0.05, 0.1) is 0 Å². The molecule has 1 fully saturated rings. The molecule has 144 valence electrons. The Balaban J connectivity index is 1.35. The second kappa shape index (κ2) is 7.75. The topological polar surface area (TPSA) is 80.0 Å². The minimum absolute atomic E-state index is 0.0127. The predicted octanol–water partition coefficient (Wildman–Crippen LogP) is 1.70. The van der Waals surface area contributed by atoms with Gasteiger partial charge in [0, 0.05) is 48.8 Å². The van der Waals surface area contributed by atoms with Gasteiger partial charge in [0.15, 0.2) is 0 Å². The van der Waals surface area contributed by atoms with Gasteiger partial charge >= 0.3 is 0 Å². The molecule has 0 unspecified atom stereocenters. The molecule has 0 atom stereocenters. The van der Waals surface area contributed by atoms with E-state index in [0.717, 1.165) is 30.0 Å². The van der Waals surface area contributed by atoms with Crippen molar-refractivity contribution >= 4 is 11.6 Å². The van der Waals surface area contributed by atoms with Crippen LogP contribution in [0.25, 0.3) is 11.4 Å². The standard InChI is InChI=1S/C20H23N7O/c1-15-12-18(13-16(2)21-15)25-8-10-26(11-9-25)19(28)14-27-23-20(22-24-27)17-6-4-3-5-7-17/h3-7,12-13H,8-11,14H2,1-2H3. The Morgan fingerprint density at radius 1 is 1.00 bits per heavy atom. The fraction of sp³-hybridized carbons (Fsp3) is 0.350. The highest BCUT2D eigenvalue weighted by Gasteiger charge is 2.22. The number of rotatable bonds is 4. The maximum absolute atomic E-state index is 12.6. The molecule has 28 heavy (non-hydrogen) atoms. The number of piperazine rings is 1. The number of carbonyl (C=O) groups excluding carboxylic acids is 1. The Bertz CT molecular complexity index is 941. The van der Waals surface area contributed by atoms with Crippen LogP contribution >= 0.6 is 0 Å². The van der Waals surface area contributed by atoms with Crippen molar-refractivity contribution in [1.82, 2.24) is 30.1 Å². The zero-order chi connectivity index (χ0) is 19.5. The Morgan fingerprint density at radius 2 is 1.68 bits per heavy atom. The van der Waals surface area contributed by atoms with E-state index in [0.29, 0.717) is 18.9 Å². The molecule has 0 N–H and O–H groups in total. The van der Waals surface area contributed by atoms with Crippen LogP contribution in [0.2, 0.25) is 0 Å². The number of nitrogens with zero attached hydrogens (tertiary/aromatic N) is 7. The number of benzene rings is 1. The quantitative estimate of drug-likeness (QED) is 0.689. The number of hydrogen-bond donors (Lipinski definition) is 0. The van der Waals surface area contributed by atoms with Crippen molar-refractivity contribution in [3.05, 3.63) is 53.9 Å². The normalized spacial score (nSPS) is 14.4. The molecule has 1 amide bonds. The van der Waals surface area contributed by atoms with Crippen LogP contribution in [0.1, 0.15) is 11.4 Å². The van der Waals surface area contributed by atoms with E-state index in [1.165, 1.54) is 10.5 Å². The molecule has 1 aliphatic heterocycles. The first-order valence-electron chi connectivity index (χ1n) is 9.40. The van der Waals surface area contributed by atoms with Gasteiger partial charge in [-0.2, -0.15) is 4.80 Å². The summed E-state index contributed by atoms with van der Waals surface area (Å²) in [6.45, 7) is 7.08. The van der Waals surface area contributed by atoms with E-state index in [4.69, 9.17) is 0 Å². The van der Waals surface area contributed by atoms with Crippen LogP contribution in [0.15, 0.2) is 42.5 Å². The third-order valence-corrected chi connectivity index (χ3v) is 4.83. The van der Waals surface area contributed by atoms with Crippen molar-refractivity contribution < 1.29 is 4.79 Å². The summed E-state index contributed by atoms with van der Waals surface area (Å²) < 4.78 is 0. The van der Waals surface area contributed by atoms with E-state index in [-0.39, 0.29) is 12.5 Å². The Morgan fingerprint density at radius 3 is 2.36 bits per heavy atom. The van der Waals surface area contributed by atoms with E-state index in [2.05, 4.69) is 37.4 Å². The fourth-order valence-corrected chi connectivity index (χ4v) is 3.44. The number of hydrogen-bond acceptors (Lipinski definition) is 6. The molecule has 8 heteroatoms. The largest absolute Gasteiger partial charge is 0.368 e. The minimum Gasteiger partial charge on any atom is -0.368 e. The molecule has 8 nitrogen and oxygen atoms in total. The number of anilines is 1. The summed E-state index contributed by atoms with van der Waals surface area (Å²) >= 11 is 0. The lowest BCUT2D eigenvalue weighted by Gasteiger charge is -2.36. The van der Waals surface area contributed by atoms with E-state index in [1.54, 1.807) is 0 Å². The Hall–Kier alpha value is -3.29. The zero-order valence-corrected chi connectivity index (χ0v) is 16.1. The number of aryl methyl sites for hydroxylation is 2. The van der Waals surface area contributed by atoms with Gasteiger partial charge < -0.3 is 9.80 Å². The van der Waals surface area contributed by atoms with Crippen molar-refractivity contribution in [2.45, 2.75) is 20.4 Å². The van der Waals surface area contributed by atoms with Crippen LogP contribution < -0.4 is 4.90 Å². The van der Waals surface area contributed by atoms with Gasteiger partial charge in [0.1, 0.15) is 6.54 Å². The van der Waals surface area contributed by atoms with E-state index < -0.39 is 0 Å². The molecule has 3 heterocycles. The number of amides is 1. The minimum atomic E-state index is 0.0127. The maximum Gasteiger partial charge on any atom is 0.246 e. The van der Waals surface area contributed by atoms with Gasteiger partial charge in [-0.25, -0.2) is 0 Å².